The fraction of sp³-hybridized carbons (Fsp3) is 0.263. The van der Waals surface area contributed by atoms with E-state index >= 15 is 0 Å². The lowest BCUT2D eigenvalue weighted by Crippen LogP contribution is -2.31. The van der Waals surface area contributed by atoms with Crippen LogP contribution >= 0.6 is 15.9 Å². The van der Waals surface area contributed by atoms with Crippen LogP contribution in [0.15, 0.2) is 46.9 Å². The van der Waals surface area contributed by atoms with Crippen molar-refractivity contribution >= 4 is 27.8 Å². The second-order valence-corrected chi connectivity index (χ2v) is 6.52. The maximum absolute atomic E-state index is 12.3. The van der Waals surface area contributed by atoms with E-state index in [1.54, 1.807) is 7.05 Å². The number of benzene rings is 2. The Balaban J connectivity index is 1.95. The second kappa shape index (κ2) is 10.0. The summed E-state index contributed by atoms with van der Waals surface area (Å²) in [6.45, 7) is -3.15. The van der Waals surface area contributed by atoms with Gasteiger partial charge in [-0.2, -0.15) is 8.78 Å². The minimum absolute atomic E-state index is 0.0414. The van der Waals surface area contributed by atoms with Crippen molar-refractivity contribution in [1.82, 2.24) is 4.90 Å². The van der Waals surface area contributed by atoms with Crippen molar-refractivity contribution in [3.05, 3.63) is 58.1 Å². The average molecular weight is 458 g/mol. The van der Waals surface area contributed by atoms with Gasteiger partial charge in [0.1, 0.15) is 0 Å². The smallest absolute Gasteiger partial charge is 0.387 e. The molecule has 28 heavy (non-hydrogen) atoms. The number of rotatable bonds is 8. The van der Waals surface area contributed by atoms with Gasteiger partial charge in [0, 0.05) is 18.1 Å². The van der Waals surface area contributed by atoms with Crippen molar-refractivity contribution in [3.8, 4) is 11.5 Å². The summed E-state index contributed by atoms with van der Waals surface area (Å²) >= 11 is 3.41. The third-order valence-corrected chi connectivity index (χ3v) is 4.51. The Morgan fingerprint density at radius 1 is 1.14 bits per heavy atom. The Bertz CT molecular complexity index is 847. The van der Waals surface area contributed by atoms with Crippen molar-refractivity contribution in [2.24, 2.45) is 0 Å². The van der Waals surface area contributed by atoms with Crippen LogP contribution in [-0.2, 0) is 16.1 Å². The minimum atomic E-state index is -3.02. The molecule has 0 radical (unpaired) electrons. The minimum Gasteiger partial charge on any atom is -0.493 e. The Morgan fingerprint density at radius 3 is 2.50 bits per heavy atom. The van der Waals surface area contributed by atoms with E-state index in [1.165, 1.54) is 30.2 Å². The number of ether oxygens (including phenoxy) is 3. The lowest BCUT2D eigenvalue weighted by molar-refractivity contribution is -0.133. The zero-order valence-corrected chi connectivity index (χ0v) is 16.7. The fourth-order valence-corrected chi connectivity index (χ4v) is 2.69. The summed E-state index contributed by atoms with van der Waals surface area (Å²) in [4.78, 5) is 25.8. The quantitative estimate of drug-likeness (QED) is 0.562. The topological polar surface area (TPSA) is 65.1 Å². The monoisotopic (exact) mass is 457 g/mol. The Kier molecular flexibility index (Phi) is 7.74. The first-order valence-electron chi connectivity index (χ1n) is 8.09. The van der Waals surface area contributed by atoms with Crippen LogP contribution < -0.4 is 9.47 Å². The molecule has 0 aliphatic rings. The number of esters is 1. The zero-order chi connectivity index (χ0) is 20.7. The second-order valence-electron chi connectivity index (χ2n) is 5.66. The normalized spacial score (nSPS) is 10.5. The van der Waals surface area contributed by atoms with Crippen LogP contribution in [0.1, 0.15) is 15.9 Å². The van der Waals surface area contributed by atoms with Crippen molar-refractivity contribution in [2.75, 3.05) is 20.8 Å². The van der Waals surface area contributed by atoms with E-state index in [0.29, 0.717) is 6.54 Å². The number of hydrogen-bond acceptors (Lipinski definition) is 5. The van der Waals surface area contributed by atoms with Gasteiger partial charge in [-0.15, -0.1) is 0 Å². The van der Waals surface area contributed by atoms with E-state index in [1.807, 2.05) is 24.3 Å². The fourth-order valence-electron chi connectivity index (χ4n) is 2.28. The van der Waals surface area contributed by atoms with Gasteiger partial charge in [0.15, 0.2) is 18.1 Å². The number of carbonyl (C=O) groups excluding carboxylic acids is 2. The molecule has 6 nitrogen and oxygen atoms in total. The SMILES string of the molecule is COc1cc(C(=O)OCC(=O)N(C)Cc2ccccc2Br)ccc1OC(F)F. The van der Waals surface area contributed by atoms with Crippen LogP contribution in [0.2, 0.25) is 0 Å². The maximum Gasteiger partial charge on any atom is 0.387 e. The van der Waals surface area contributed by atoms with Gasteiger partial charge in [-0.05, 0) is 29.8 Å². The molecule has 0 aliphatic heterocycles. The molecule has 2 rings (SSSR count). The van der Waals surface area contributed by atoms with E-state index in [9.17, 15) is 18.4 Å². The van der Waals surface area contributed by atoms with E-state index in [-0.39, 0.29) is 17.1 Å². The first kappa shape index (κ1) is 21.6. The summed E-state index contributed by atoms with van der Waals surface area (Å²) in [5, 5.41) is 0. The molecule has 0 heterocycles. The molecule has 0 atom stereocenters. The predicted molar refractivity (Wildman–Crippen MR) is 101 cm³/mol. The largest absolute Gasteiger partial charge is 0.493 e. The number of carbonyl (C=O) groups is 2. The van der Waals surface area contributed by atoms with Crippen molar-refractivity contribution in [3.63, 3.8) is 0 Å². The standard InChI is InChI=1S/C19H18BrF2NO5/c1-23(10-13-5-3-4-6-14(13)20)17(24)11-27-18(25)12-7-8-15(28-19(21)22)16(9-12)26-2/h3-9,19H,10-11H2,1-2H3. The Labute approximate surface area is 169 Å². The van der Waals surface area contributed by atoms with Gasteiger partial charge in [-0.3, -0.25) is 4.79 Å². The summed E-state index contributed by atoms with van der Waals surface area (Å²) in [5.74, 6) is -1.44. The van der Waals surface area contributed by atoms with E-state index < -0.39 is 25.1 Å². The average Bonchev–Trinajstić information content (AvgIpc) is 2.67. The molecule has 9 heteroatoms. The molecule has 0 aliphatic carbocycles. The molecular formula is C19H18BrF2NO5. The molecule has 150 valence electrons. The number of methoxy groups -OCH3 is 1. The summed E-state index contributed by atoms with van der Waals surface area (Å²) in [7, 11) is 2.85. The highest BCUT2D eigenvalue weighted by molar-refractivity contribution is 9.10. The van der Waals surface area contributed by atoms with Gasteiger partial charge in [-0.25, -0.2) is 4.79 Å². The lowest BCUT2D eigenvalue weighted by Gasteiger charge is -2.18. The van der Waals surface area contributed by atoms with Crippen LogP contribution in [0, 0.1) is 0 Å². The molecule has 2 aromatic carbocycles. The first-order chi connectivity index (χ1) is 13.3. The van der Waals surface area contributed by atoms with Gasteiger partial charge in [0.05, 0.1) is 12.7 Å². The number of halogens is 3. The zero-order valence-electron chi connectivity index (χ0n) is 15.2. The summed E-state index contributed by atoms with van der Waals surface area (Å²) in [5.41, 5.74) is 0.948. The predicted octanol–water partition coefficient (Wildman–Crippen LogP) is 3.87. The summed E-state index contributed by atoms with van der Waals surface area (Å²) in [6.07, 6.45) is 0. The molecule has 0 N–H and O–H groups in total. The van der Waals surface area contributed by atoms with Crippen LogP contribution in [0.5, 0.6) is 11.5 Å². The van der Waals surface area contributed by atoms with E-state index in [0.717, 1.165) is 10.0 Å². The first-order valence-corrected chi connectivity index (χ1v) is 8.88. The number of hydrogen-bond donors (Lipinski definition) is 0. The van der Waals surface area contributed by atoms with Crippen LogP contribution in [0.4, 0.5) is 8.78 Å². The van der Waals surface area contributed by atoms with Gasteiger partial charge in [0.2, 0.25) is 0 Å². The highest BCUT2D eigenvalue weighted by Crippen LogP contribution is 2.29. The van der Waals surface area contributed by atoms with E-state index in [2.05, 4.69) is 20.7 Å². The molecule has 0 fully saturated rings. The third-order valence-electron chi connectivity index (χ3n) is 3.73. The molecule has 0 unspecified atom stereocenters. The van der Waals surface area contributed by atoms with E-state index in [4.69, 9.17) is 9.47 Å². The number of alkyl halides is 2. The summed E-state index contributed by atoms with van der Waals surface area (Å²) in [6, 6.07) is 11.1. The van der Waals surface area contributed by atoms with Gasteiger partial charge in [0.25, 0.3) is 5.91 Å². The van der Waals surface area contributed by atoms with Gasteiger partial charge < -0.3 is 19.1 Å². The molecule has 0 saturated carbocycles. The number of nitrogens with zero attached hydrogens (tertiary/aromatic N) is 1. The molecule has 2 aromatic rings. The molecule has 0 spiro atoms. The molecule has 0 aromatic heterocycles. The van der Waals surface area contributed by atoms with Crippen LogP contribution in [-0.4, -0.2) is 44.2 Å². The molecule has 1 amide bonds. The van der Waals surface area contributed by atoms with Crippen molar-refractivity contribution in [1.29, 1.82) is 0 Å². The van der Waals surface area contributed by atoms with Gasteiger partial charge >= 0.3 is 12.6 Å². The lowest BCUT2D eigenvalue weighted by atomic mass is 10.2. The third kappa shape index (κ3) is 5.91. The van der Waals surface area contributed by atoms with Crippen molar-refractivity contribution in [2.45, 2.75) is 13.2 Å². The molecule has 0 bridgehead atoms. The highest BCUT2D eigenvalue weighted by Gasteiger charge is 2.17. The summed E-state index contributed by atoms with van der Waals surface area (Å²) < 4.78 is 39.8. The van der Waals surface area contributed by atoms with Crippen LogP contribution in [0.25, 0.3) is 0 Å². The maximum atomic E-state index is 12.3. The Morgan fingerprint density at radius 2 is 1.86 bits per heavy atom. The highest BCUT2D eigenvalue weighted by atomic mass is 79.9. The van der Waals surface area contributed by atoms with Gasteiger partial charge in [-0.1, -0.05) is 34.1 Å². The van der Waals surface area contributed by atoms with Crippen LogP contribution in [0.3, 0.4) is 0 Å². The Hall–Kier alpha value is -2.68. The number of amides is 1. The molecule has 0 saturated heterocycles. The molecular weight excluding hydrogens is 440 g/mol. The van der Waals surface area contributed by atoms with Crippen molar-refractivity contribution < 1.29 is 32.6 Å². The number of likely N-dealkylation sites (N-methyl/N-ethyl adjacent to an activating group) is 1.